The van der Waals surface area contributed by atoms with Gasteiger partial charge < -0.3 is 10.6 Å². The lowest BCUT2D eigenvalue weighted by molar-refractivity contribution is 0.103. The van der Waals surface area contributed by atoms with Gasteiger partial charge in [-0.3, -0.25) is 4.79 Å². The minimum atomic E-state index is -0.386. The Bertz CT molecular complexity index is 614. The monoisotopic (exact) mass is 278 g/mol. The van der Waals surface area contributed by atoms with Gasteiger partial charge in [0.05, 0.1) is 11.9 Å². The number of halogens is 1. The molecule has 1 aromatic carbocycles. The van der Waals surface area contributed by atoms with Crippen LogP contribution in [0, 0.1) is 5.82 Å². The normalized spacial score (nSPS) is 13.9. The lowest BCUT2D eigenvalue weighted by Crippen LogP contribution is -2.25. The molecular weight excluding hydrogens is 267 g/mol. The molecule has 5 nitrogen and oxygen atoms in total. The van der Waals surface area contributed by atoms with Crippen molar-refractivity contribution in [3.8, 4) is 0 Å². The molecule has 0 saturated carbocycles. The molecule has 0 aliphatic carbocycles. The summed E-state index contributed by atoms with van der Waals surface area (Å²) in [5.41, 5.74) is 1.83. The van der Waals surface area contributed by atoms with E-state index in [1.54, 1.807) is 6.07 Å². The summed E-state index contributed by atoms with van der Waals surface area (Å²) in [6.07, 6.45) is 1.99. The predicted molar refractivity (Wildman–Crippen MR) is 69.7 cm³/mol. The van der Waals surface area contributed by atoms with Gasteiger partial charge in [-0.15, -0.1) is 5.10 Å². The van der Waals surface area contributed by atoms with Crippen molar-refractivity contribution in [1.29, 1.82) is 0 Å². The standard InChI is InChI=1S/C12H11FN4OS/c13-11-8-3-4-14-5-7(8)1-2-9(11)16-12(18)10-6-15-17-19-10/h1-2,6,14H,3-5H2,(H,16,18). The Morgan fingerprint density at radius 3 is 3.16 bits per heavy atom. The Kier molecular flexibility index (Phi) is 3.22. The minimum Gasteiger partial charge on any atom is -0.319 e. The molecule has 19 heavy (non-hydrogen) atoms. The number of nitrogens with one attached hydrogen (secondary N) is 2. The van der Waals surface area contributed by atoms with Crippen LogP contribution in [0.5, 0.6) is 0 Å². The summed E-state index contributed by atoms with van der Waals surface area (Å²) < 4.78 is 17.9. The highest BCUT2D eigenvalue weighted by Crippen LogP contribution is 2.25. The second-order valence-electron chi connectivity index (χ2n) is 4.23. The van der Waals surface area contributed by atoms with Gasteiger partial charge in [-0.05, 0) is 41.7 Å². The summed E-state index contributed by atoms with van der Waals surface area (Å²) in [4.78, 5) is 12.2. The molecule has 1 aliphatic rings. The highest BCUT2D eigenvalue weighted by molar-refractivity contribution is 7.07. The number of aromatic nitrogens is 2. The number of hydrogen-bond donors (Lipinski definition) is 2. The topological polar surface area (TPSA) is 66.9 Å². The van der Waals surface area contributed by atoms with Crippen molar-refractivity contribution in [2.24, 2.45) is 0 Å². The first kappa shape index (κ1) is 12.2. The van der Waals surface area contributed by atoms with Crippen LogP contribution >= 0.6 is 11.5 Å². The maximum Gasteiger partial charge on any atom is 0.269 e. The minimum absolute atomic E-state index is 0.207. The Morgan fingerprint density at radius 2 is 2.37 bits per heavy atom. The average molecular weight is 278 g/mol. The lowest BCUT2D eigenvalue weighted by Gasteiger charge is -2.19. The predicted octanol–water partition coefficient (Wildman–Crippen LogP) is 1.58. The fraction of sp³-hybridized carbons (Fsp3) is 0.250. The fourth-order valence-electron chi connectivity index (χ4n) is 2.08. The third kappa shape index (κ3) is 2.34. The van der Waals surface area contributed by atoms with E-state index in [2.05, 4.69) is 20.2 Å². The van der Waals surface area contributed by atoms with Gasteiger partial charge in [0.25, 0.3) is 5.91 Å². The van der Waals surface area contributed by atoms with Crippen LogP contribution < -0.4 is 10.6 Å². The highest BCUT2D eigenvalue weighted by atomic mass is 32.1. The van der Waals surface area contributed by atoms with Crippen molar-refractivity contribution < 1.29 is 9.18 Å². The molecule has 2 N–H and O–H groups in total. The van der Waals surface area contributed by atoms with Gasteiger partial charge in [0.1, 0.15) is 10.7 Å². The number of rotatable bonds is 2. The van der Waals surface area contributed by atoms with E-state index in [-0.39, 0.29) is 17.4 Å². The zero-order chi connectivity index (χ0) is 13.2. The fourth-order valence-corrected chi connectivity index (χ4v) is 2.49. The highest BCUT2D eigenvalue weighted by Gasteiger charge is 2.18. The molecular formula is C12H11FN4OS. The number of nitrogens with zero attached hydrogens (tertiary/aromatic N) is 2. The van der Waals surface area contributed by atoms with E-state index in [9.17, 15) is 9.18 Å². The van der Waals surface area contributed by atoms with Gasteiger partial charge in [0.2, 0.25) is 0 Å². The number of hydrogen-bond acceptors (Lipinski definition) is 5. The number of carbonyl (C=O) groups excluding carboxylic acids is 1. The first-order valence-corrected chi connectivity index (χ1v) is 6.62. The maximum absolute atomic E-state index is 14.3. The summed E-state index contributed by atoms with van der Waals surface area (Å²) in [6, 6.07) is 3.43. The van der Waals surface area contributed by atoms with Crippen molar-refractivity contribution in [3.05, 3.63) is 40.2 Å². The van der Waals surface area contributed by atoms with Crippen LogP contribution in [0.2, 0.25) is 0 Å². The summed E-state index contributed by atoms with van der Waals surface area (Å²) >= 11 is 0.979. The molecule has 7 heteroatoms. The number of anilines is 1. The van der Waals surface area contributed by atoms with Crippen molar-refractivity contribution in [1.82, 2.24) is 14.9 Å². The van der Waals surface area contributed by atoms with E-state index in [1.165, 1.54) is 6.20 Å². The zero-order valence-corrected chi connectivity index (χ0v) is 10.8. The Hall–Kier alpha value is -1.86. The Morgan fingerprint density at radius 1 is 1.47 bits per heavy atom. The van der Waals surface area contributed by atoms with Crippen molar-refractivity contribution >= 4 is 23.1 Å². The third-order valence-corrected chi connectivity index (χ3v) is 3.70. The summed E-state index contributed by atoms with van der Waals surface area (Å²) in [5, 5.41) is 9.32. The Balaban J connectivity index is 1.87. The quantitative estimate of drug-likeness (QED) is 0.875. The van der Waals surface area contributed by atoms with Gasteiger partial charge in [-0.2, -0.15) is 0 Å². The second kappa shape index (κ2) is 5.02. The van der Waals surface area contributed by atoms with E-state index in [0.717, 1.165) is 23.6 Å². The SMILES string of the molecule is O=C(Nc1ccc2c(c1F)CCNC2)c1cnns1. The second-order valence-corrected chi connectivity index (χ2v) is 5.01. The number of carbonyl (C=O) groups is 1. The van der Waals surface area contributed by atoms with Crippen LogP contribution in [0.4, 0.5) is 10.1 Å². The summed E-state index contributed by atoms with van der Waals surface area (Å²) in [7, 11) is 0. The molecule has 0 atom stereocenters. The summed E-state index contributed by atoms with van der Waals surface area (Å²) in [5.74, 6) is -0.729. The van der Waals surface area contributed by atoms with E-state index >= 15 is 0 Å². The molecule has 0 saturated heterocycles. The molecule has 1 amide bonds. The first-order valence-electron chi connectivity index (χ1n) is 5.85. The van der Waals surface area contributed by atoms with E-state index in [1.807, 2.05) is 6.07 Å². The van der Waals surface area contributed by atoms with Crippen LogP contribution in [0.1, 0.15) is 20.8 Å². The molecule has 3 rings (SSSR count). The van der Waals surface area contributed by atoms with Crippen LogP contribution in [0.3, 0.4) is 0 Å². The van der Waals surface area contributed by atoms with E-state index in [4.69, 9.17) is 0 Å². The maximum atomic E-state index is 14.3. The van der Waals surface area contributed by atoms with Crippen molar-refractivity contribution in [2.75, 3.05) is 11.9 Å². The number of amides is 1. The largest absolute Gasteiger partial charge is 0.319 e. The van der Waals surface area contributed by atoms with Crippen molar-refractivity contribution in [3.63, 3.8) is 0 Å². The number of fused-ring (bicyclic) bond motifs is 1. The molecule has 0 bridgehead atoms. The van der Waals surface area contributed by atoms with Gasteiger partial charge in [-0.1, -0.05) is 10.6 Å². The third-order valence-electron chi connectivity index (χ3n) is 3.04. The van der Waals surface area contributed by atoms with Crippen LogP contribution in [-0.2, 0) is 13.0 Å². The van der Waals surface area contributed by atoms with E-state index in [0.29, 0.717) is 23.4 Å². The number of benzene rings is 1. The van der Waals surface area contributed by atoms with Crippen LogP contribution in [0.25, 0.3) is 0 Å². The molecule has 2 aromatic rings. The summed E-state index contributed by atoms with van der Waals surface area (Å²) in [6.45, 7) is 1.42. The van der Waals surface area contributed by atoms with Crippen LogP contribution in [0.15, 0.2) is 18.3 Å². The zero-order valence-electron chi connectivity index (χ0n) is 9.94. The molecule has 0 unspecified atom stereocenters. The van der Waals surface area contributed by atoms with Gasteiger partial charge in [0, 0.05) is 6.54 Å². The van der Waals surface area contributed by atoms with Gasteiger partial charge in [-0.25, -0.2) is 4.39 Å². The molecule has 1 aromatic heterocycles. The Labute approximate surface area is 113 Å². The lowest BCUT2D eigenvalue weighted by atomic mass is 9.99. The smallest absolute Gasteiger partial charge is 0.269 e. The van der Waals surface area contributed by atoms with Gasteiger partial charge in [0.15, 0.2) is 0 Å². The van der Waals surface area contributed by atoms with Crippen LogP contribution in [-0.4, -0.2) is 22.0 Å². The van der Waals surface area contributed by atoms with Gasteiger partial charge >= 0.3 is 0 Å². The van der Waals surface area contributed by atoms with Crippen molar-refractivity contribution in [2.45, 2.75) is 13.0 Å². The molecule has 0 fully saturated rings. The van der Waals surface area contributed by atoms with E-state index < -0.39 is 0 Å². The molecule has 1 aliphatic heterocycles. The first-order chi connectivity index (χ1) is 9.25. The molecule has 2 heterocycles. The molecule has 0 radical (unpaired) electrons. The average Bonchev–Trinajstić information content (AvgIpc) is 2.96. The molecule has 0 spiro atoms. The molecule has 98 valence electrons.